The Bertz CT molecular complexity index is 821. The molecule has 184 valence electrons. The van der Waals surface area contributed by atoms with Crippen molar-refractivity contribution in [3.63, 3.8) is 0 Å². The zero-order chi connectivity index (χ0) is 22.4. The number of guanidine groups is 1. The second kappa shape index (κ2) is 12.1. The van der Waals surface area contributed by atoms with Gasteiger partial charge < -0.3 is 29.7 Å². The number of piperidine rings is 1. The van der Waals surface area contributed by atoms with Gasteiger partial charge in [-0.3, -0.25) is 9.79 Å². The van der Waals surface area contributed by atoms with E-state index in [0.29, 0.717) is 18.9 Å². The van der Waals surface area contributed by atoms with E-state index in [1.807, 2.05) is 6.07 Å². The molecule has 1 amide bonds. The molecule has 0 bridgehead atoms. The summed E-state index contributed by atoms with van der Waals surface area (Å²) < 4.78 is 16.8. The van der Waals surface area contributed by atoms with Gasteiger partial charge in [-0.1, -0.05) is 6.07 Å². The predicted molar refractivity (Wildman–Crippen MR) is 139 cm³/mol. The molecular formula is C24H37IN4O4. The van der Waals surface area contributed by atoms with Gasteiger partial charge in [-0.05, 0) is 56.2 Å². The third-order valence-electron chi connectivity index (χ3n) is 6.97. The number of carbonyl (C=O) groups is 1. The molecular weight excluding hydrogens is 535 g/mol. The number of ether oxygens (including phenoxy) is 3. The summed E-state index contributed by atoms with van der Waals surface area (Å²) in [5, 5.41) is 6.23. The van der Waals surface area contributed by atoms with Crippen molar-refractivity contribution in [2.24, 2.45) is 10.9 Å². The van der Waals surface area contributed by atoms with Gasteiger partial charge in [-0.2, -0.15) is 0 Å². The summed E-state index contributed by atoms with van der Waals surface area (Å²) in [6.07, 6.45) is 4.51. The van der Waals surface area contributed by atoms with Crippen molar-refractivity contribution in [3.05, 3.63) is 23.8 Å². The Balaban J connectivity index is 0.00000306. The van der Waals surface area contributed by atoms with Gasteiger partial charge in [0, 0.05) is 51.7 Å². The minimum atomic E-state index is -0.0720. The molecule has 0 saturated carbocycles. The second-order valence-corrected chi connectivity index (χ2v) is 8.94. The molecule has 0 unspecified atom stereocenters. The second-order valence-electron chi connectivity index (χ2n) is 8.94. The number of hydrogen-bond donors (Lipinski definition) is 2. The van der Waals surface area contributed by atoms with Crippen molar-refractivity contribution in [1.29, 1.82) is 0 Å². The number of benzene rings is 1. The van der Waals surface area contributed by atoms with Crippen LogP contribution < -0.4 is 20.1 Å². The van der Waals surface area contributed by atoms with Gasteiger partial charge in [0.1, 0.15) is 0 Å². The van der Waals surface area contributed by atoms with E-state index in [-0.39, 0.29) is 42.1 Å². The van der Waals surface area contributed by atoms with Crippen LogP contribution >= 0.6 is 24.0 Å². The van der Waals surface area contributed by atoms with E-state index < -0.39 is 0 Å². The summed E-state index contributed by atoms with van der Waals surface area (Å²) in [7, 11) is 1.71. The third kappa shape index (κ3) is 6.23. The topological polar surface area (TPSA) is 84.4 Å². The Kier molecular flexibility index (Phi) is 9.48. The number of aliphatic imine (C=N–C) groups is 1. The van der Waals surface area contributed by atoms with Gasteiger partial charge >= 0.3 is 0 Å². The van der Waals surface area contributed by atoms with E-state index in [0.717, 1.165) is 76.0 Å². The van der Waals surface area contributed by atoms with Crippen LogP contribution in [0.2, 0.25) is 0 Å². The Labute approximate surface area is 213 Å². The lowest BCUT2D eigenvalue weighted by Gasteiger charge is -2.38. The van der Waals surface area contributed by atoms with E-state index >= 15 is 0 Å². The van der Waals surface area contributed by atoms with Crippen molar-refractivity contribution in [2.45, 2.75) is 44.4 Å². The predicted octanol–water partition coefficient (Wildman–Crippen LogP) is 2.90. The Morgan fingerprint density at radius 2 is 1.91 bits per heavy atom. The highest BCUT2D eigenvalue weighted by atomic mass is 127. The molecule has 2 N–H and O–H groups in total. The summed E-state index contributed by atoms with van der Waals surface area (Å²) >= 11 is 0. The zero-order valence-electron chi connectivity index (χ0n) is 19.7. The summed E-state index contributed by atoms with van der Waals surface area (Å²) in [5.41, 5.74) is 1.17. The number of nitrogens with zero attached hydrogens (tertiary/aromatic N) is 2. The Hall–Kier alpha value is -1.75. The number of likely N-dealkylation sites (tertiary alicyclic amines) is 1. The highest BCUT2D eigenvalue weighted by Crippen LogP contribution is 2.41. The van der Waals surface area contributed by atoms with E-state index in [2.05, 4.69) is 34.6 Å². The first-order valence-electron chi connectivity index (χ1n) is 11.9. The average molecular weight is 572 g/mol. The van der Waals surface area contributed by atoms with Crippen molar-refractivity contribution in [2.75, 3.05) is 53.2 Å². The van der Waals surface area contributed by atoms with E-state index in [4.69, 9.17) is 19.2 Å². The zero-order valence-corrected chi connectivity index (χ0v) is 22.1. The number of amides is 1. The van der Waals surface area contributed by atoms with Gasteiger partial charge in [0.2, 0.25) is 12.7 Å². The summed E-state index contributed by atoms with van der Waals surface area (Å²) in [5.74, 6) is 3.19. The molecule has 1 aromatic rings. The molecule has 2 fully saturated rings. The number of rotatable bonds is 6. The number of hydrogen-bond acceptors (Lipinski definition) is 5. The first kappa shape index (κ1) is 25.9. The van der Waals surface area contributed by atoms with E-state index in [9.17, 15) is 4.79 Å². The van der Waals surface area contributed by atoms with Gasteiger partial charge in [0.15, 0.2) is 17.5 Å². The molecule has 9 heteroatoms. The molecule has 0 atom stereocenters. The van der Waals surface area contributed by atoms with Crippen LogP contribution in [0.15, 0.2) is 23.2 Å². The van der Waals surface area contributed by atoms with E-state index in [1.165, 1.54) is 5.56 Å². The van der Waals surface area contributed by atoms with Gasteiger partial charge in [-0.25, -0.2) is 0 Å². The maximum Gasteiger partial charge on any atom is 0.231 e. The Morgan fingerprint density at radius 3 is 2.61 bits per heavy atom. The van der Waals surface area contributed by atoms with Gasteiger partial charge in [0.05, 0.1) is 6.54 Å². The molecule has 0 radical (unpaired) electrons. The lowest BCUT2D eigenvalue weighted by atomic mass is 9.74. The van der Waals surface area contributed by atoms with E-state index in [1.54, 1.807) is 7.05 Å². The first-order chi connectivity index (χ1) is 15.6. The number of fused-ring (bicyclic) bond motifs is 1. The van der Waals surface area contributed by atoms with Crippen LogP contribution in [0.3, 0.4) is 0 Å². The molecule has 2 saturated heterocycles. The van der Waals surface area contributed by atoms with Crippen LogP contribution in [-0.2, 0) is 14.9 Å². The number of halogens is 1. The molecule has 3 aliphatic heterocycles. The monoisotopic (exact) mass is 572 g/mol. The van der Waals surface area contributed by atoms with Crippen LogP contribution in [0.4, 0.5) is 0 Å². The molecule has 8 nitrogen and oxygen atoms in total. The molecule has 0 aromatic heterocycles. The van der Waals surface area contributed by atoms with Crippen LogP contribution in [0.5, 0.6) is 11.5 Å². The minimum Gasteiger partial charge on any atom is -0.454 e. The number of carbonyl (C=O) groups excluding carboxylic acids is 1. The van der Waals surface area contributed by atoms with Crippen molar-refractivity contribution >= 4 is 35.8 Å². The SMILES string of the molecule is CCNC(=NCC1(c2ccc3c(c2)OCO3)CCOCC1)N1CCC(CC(=O)NC)CC1.I. The standard InChI is InChI=1S/C24H36N4O4.HI/c1-3-26-23(28-10-6-18(7-11-28)14-22(29)25-2)27-16-24(8-12-30-13-9-24)19-4-5-20-21(15-19)32-17-31-20;/h4-5,15,18H,3,6-14,16-17H2,1-2H3,(H,25,29)(H,26,27);1H. The average Bonchev–Trinajstić information content (AvgIpc) is 3.31. The molecule has 0 spiro atoms. The normalized spacial score (nSPS) is 20.2. The van der Waals surface area contributed by atoms with Crippen molar-refractivity contribution in [3.8, 4) is 11.5 Å². The summed E-state index contributed by atoms with van der Waals surface area (Å²) in [4.78, 5) is 19.2. The smallest absolute Gasteiger partial charge is 0.231 e. The van der Waals surface area contributed by atoms with Gasteiger partial charge in [0.25, 0.3) is 0 Å². The van der Waals surface area contributed by atoms with Crippen LogP contribution in [0, 0.1) is 5.92 Å². The lowest BCUT2D eigenvalue weighted by molar-refractivity contribution is -0.121. The van der Waals surface area contributed by atoms with Crippen LogP contribution in [-0.4, -0.2) is 70.0 Å². The largest absolute Gasteiger partial charge is 0.454 e. The minimum absolute atomic E-state index is 0. The van der Waals surface area contributed by atoms with Gasteiger partial charge in [-0.15, -0.1) is 24.0 Å². The molecule has 3 heterocycles. The molecule has 33 heavy (non-hydrogen) atoms. The van der Waals surface area contributed by atoms with Crippen LogP contribution in [0.1, 0.15) is 44.6 Å². The highest BCUT2D eigenvalue weighted by Gasteiger charge is 2.36. The molecule has 1 aromatic carbocycles. The molecule has 3 aliphatic rings. The van der Waals surface area contributed by atoms with Crippen LogP contribution in [0.25, 0.3) is 0 Å². The number of nitrogens with one attached hydrogen (secondary N) is 2. The molecule has 4 rings (SSSR count). The van der Waals surface area contributed by atoms with Crippen molar-refractivity contribution < 1.29 is 19.0 Å². The fraction of sp³-hybridized carbons (Fsp3) is 0.667. The summed E-state index contributed by atoms with van der Waals surface area (Å²) in [6, 6.07) is 6.30. The third-order valence-corrected chi connectivity index (χ3v) is 6.97. The maximum atomic E-state index is 11.7. The summed E-state index contributed by atoms with van der Waals surface area (Å²) in [6.45, 7) is 7.26. The highest BCUT2D eigenvalue weighted by molar-refractivity contribution is 14.0. The fourth-order valence-electron chi connectivity index (χ4n) is 4.89. The van der Waals surface area contributed by atoms with Crippen molar-refractivity contribution in [1.82, 2.24) is 15.5 Å². The molecule has 0 aliphatic carbocycles. The maximum absolute atomic E-state index is 11.7. The Morgan fingerprint density at radius 1 is 1.18 bits per heavy atom. The quantitative estimate of drug-likeness (QED) is 0.310. The lowest BCUT2D eigenvalue weighted by Crippen LogP contribution is -2.47. The first-order valence-corrected chi connectivity index (χ1v) is 11.9. The fourth-order valence-corrected chi connectivity index (χ4v) is 4.89.